The predicted molar refractivity (Wildman–Crippen MR) is 139 cm³/mol. The van der Waals surface area contributed by atoms with Gasteiger partial charge in [0.2, 0.25) is 5.91 Å². The second-order valence-corrected chi connectivity index (χ2v) is 8.79. The van der Waals surface area contributed by atoms with E-state index in [4.69, 9.17) is 9.47 Å². The fraction of sp³-hybridized carbons (Fsp3) is 0.464. The zero-order chi connectivity index (χ0) is 24.5. The van der Waals surface area contributed by atoms with Crippen LogP contribution in [0.25, 0.3) is 10.9 Å². The van der Waals surface area contributed by atoms with Crippen molar-refractivity contribution in [2.45, 2.75) is 52.0 Å². The third kappa shape index (κ3) is 6.32. The van der Waals surface area contributed by atoms with Crippen molar-refractivity contribution in [3.63, 3.8) is 0 Å². The van der Waals surface area contributed by atoms with Crippen molar-refractivity contribution in [1.82, 2.24) is 15.2 Å². The number of ether oxygens (including phenoxy) is 2. The average Bonchev–Trinajstić information content (AvgIpc) is 3.29. The highest BCUT2D eigenvalue weighted by molar-refractivity contribution is 5.86. The fourth-order valence-electron chi connectivity index (χ4n) is 4.63. The lowest BCUT2D eigenvalue weighted by atomic mass is 9.87. The SMILES string of the molecule is CCN(CC)CCC[C@@H](C)NC(=O)C[C@H](c1ccc(OC)cc1OC)c1c[nH]c2ccccc12. The maximum Gasteiger partial charge on any atom is 0.221 e. The van der Waals surface area contributed by atoms with E-state index in [0.717, 1.165) is 66.0 Å². The van der Waals surface area contributed by atoms with Crippen LogP contribution < -0.4 is 14.8 Å². The van der Waals surface area contributed by atoms with E-state index >= 15 is 0 Å². The van der Waals surface area contributed by atoms with Gasteiger partial charge in [-0.1, -0.05) is 38.1 Å². The first-order valence-corrected chi connectivity index (χ1v) is 12.3. The van der Waals surface area contributed by atoms with Crippen molar-refractivity contribution in [2.75, 3.05) is 33.9 Å². The first-order chi connectivity index (χ1) is 16.5. The molecule has 2 aromatic carbocycles. The lowest BCUT2D eigenvalue weighted by molar-refractivity contribution is -0.121. The van der Waals surface area contributed by atoms with E-state index in [-0.39, 0.29) is 17.9 Å². The Labute approximate surface area is 203 Å². The van der Waals surface area contributed by atoms with Gasteiger partial charge in [0, 0.05) is 47.1 Å². The molecular formula is C28H39N3O3. The Hall–Kier alpha value is -2.99. The molecule has 2 atom stereocenters. The van der Waals surface area contributed by atoms with E-state index in [1.165, 1.54) is 0 Å². The van der Waals surface area contributed by atoms with Gasteiger partial charge in [0.1, 0.15) is 11.5 Å². The van der Waals surface area contributed by atoms with Crippen LogP contribution >= 0.6 is 0 Å². The Kier molecular flexibility index (Phi) is 9.40. The Balaban J connectivity index is 1.81. The quantitative estimate of drug-likeness (QED) is 0.358. The third-order valence-electron chi connectivity index (χ3n) is 6.62. The van der Waals surface area contributed by atoms with Crippen molar-refractivity contribution in [1.29, 1.82) is 0 Å². The van der Waals surface area contributed by atoms with Crippen molar-refractivity contribution >= 4 is 16.8 Å². The standard InChI is InChI=1S/C28H39N3O3/c1-6-31(7-2)16-10-11-20(3)30-28(32)18-24(23-15-14-21(33-4)17-27(23)34-5)25-19-29-26-13-9-8-12-22(25)26/h8-9,12-15,17,19-20,24,29H,6-7,10-11,16,18H2,1-5H3,(H,30,32)/t20-,24-/m1/s1. The summed E-state index contributed by atoms with van der Waals surface area (Å²) < 4.78 is 11.1. The van der Waals surface area contributed by atoms with Crippen LogP contribution in [0.3, 0.4) is 0 Å². The molecule has 6 nitrogen and oxygen atoms in total. The van der Waals surface area contributed by atoms with Crippen LogP contribution in [0.15, 0.2) is 48.7 Å². The average molecular weight is 466 g/mol. The molecule has 3 aromatic rings. The smallest absolute Gasteiger partial charge is 0.221 e. The van der Waals surface area contributed by atoms with E-state index in [0.29, 0.717) is 6.42 Å². The van der Waals surface area contributed by atoms with Gasteiger partial charge >= 0.3 is 0 Å². The van der Waals surface area contributed by atoms with E-state index in [2.05, 4.69) is 48.1 Å². The lowest BCUT2D eigenvalue weighted by Crippen LogP contribution is -2.34. The first-order valence-electron chi connectivity index (χ1n) is 12.3. The van der Waals surface area contributed by atoms with Gasteiger partial charge in [-0.2, -0.15) is 0 Å². The number of benzene rings is 2. The summed E-state index contributed by atoms with van der Waals surface area (Å²) in [4.78, 5) is 19.0. The molecule has 1 heterocycles. The molecule has 0 aliphatic carbocycles. The summed E-state index contributed by atoms with van der Waals surface area (Å²) in [6, 6.07) is 14.1. The van der Waals surface area contributed by atoms with Crippen LogP contribution in [0.4, 0.5) is 0 Å². The van der Waals surface area contributed by atoms with Gasteiger partial charge in [0.05, 0.1) is 14.2 Å². The number of nitrogens with zero attached hydrogens (tertiary/aromatic N) is 1. The van der Waals surface area contributed by atoms with Crippen molar-refractivity contribution in [2.24, 2.45) is 0 Å². The molecule has 2 N–H and O–H groups in total. The number of H-pyrrole nitrogens is 1. The van der Waals surface area contributed by atoms with Gasteiger partial charge < -0.3 is 24.7 Å². The van der Waals surface area contributed by atoms with Crippen LogP contribution in [0.5, 0.6) is 11.5 Å². The number of para-hydroxylation sites is 1. The summed E-state index contributed by atoms with van der Waals surface area (Å²) in [5, 5.41) is 4.34. The number of rotatable bonds is 13. The normalized spacial score (nSPS) is 13.1. The number of hydrogen-bond donors (Lipinski definition) is 2. The Bertz CT molecular complexity index is 1060. The van der Waals surface area contributed by atoms with Crippen LogP contribution in [0, 0.1) is 0 Å². The maximum atomic E-state index is 13.2. The number of methoxy groups -OCH3 is 2. The molecule has 0 aliphatic heterocycles. The molecular weight excluding hydrogens is 426 g/mol. The van der Waals surface area contributed by atoms with Crippen LogP contribution in [-0.4, -0.2) is 55.7 Å². The molecule has 0 spiro atoms. The largest absolute Gasteiger partial charge is 0.497 e. The Morgan fingerprint density at radius 2 is 1.82 bits per heavy atom. The molecule has 34 heavy (non-hydrogen) atoms. The van der Waals surface area contributed by atoms with Crippen LogP contribution in [-0.2, 0) is 4.79 Å². The number of amides is 1. The van der Waals surface area contributed by atoms with Crippen molar-refractivity contribution in [3.8, 4) is 11.5 Å². The summed E-state index contributed by atoms with van der Waals surface area (Å²) in [7, 11) is 3.29. The van der Waals surface area contributed by atoms with Gasteiger partial charge in [-0.05, 0) is 57.1 Å². The first kappa shape index (κ1) is 25.6. The summed E-state index contributed by atoms with van der Waals surface area (Å²) in [6.07, 6.45) is 4.39. The van der Waals surface area contributed by atoms with Gasteiger partial charge in [0.15, 0.2) is 0 Å². The minimum Gasteiger partial charge on any atom is -0.497 e. The highest BCUT2D eigenvalue weighted by atomic mass is 16.5. The molecule has 0 saturated carbocycles. The summed E-state index contributed by atoms with van der Waals surface area (Å²) in [5.74, 6) is 1.34. The zero-order valence-electron chi connectivity index (χ0n) is 21.2. The summed E-state index contributed by atoms with van der Waals surface area (Å²) >= 11 is 0. The minimum atomic E-state index is -0.153. The molecule has 1 aromatic heterocycles. The van der Waals surface area contributed by atoms with Gasteiger partial charge in [0.25, 0.3) is 0 Å². The van der Waals surface area contributed by atoms with Crippen LogP contribution in [0.1, 0.15) is 57.1 Å². The number of nitrogens with one attached hydrogen (secondary N) is 2. The Morgan fingerprint density at radius 1 is 1.06 bits per heavy atom. The lowest BCUT2D eigenvalue weighted by Gasteiger charge is -2.22. The molecule has 0 saturated heterocycles. The predicted octanol–water partition coefficient (Wildman–Crippen LogP) is 5.33. The highest BCUT2D eigenvalue weighted by Crippen LogP contribution is 2.39. The molecule has 0 fully saturated rings. The third-order valence-corrected chi connectivity index (χ3v) is 6.62. The summed E-state index contributed by atoms with van der Waals surface area (Å²) in [5.41, 5.74) is 3.11. The molecule has 6 heteroatoms. The molecule has 0 radical (unpaired) electrons. The van der Waals surface area contributed by atoms with E-state index in [1.807, 2.05) is 36.5 Å². The number of hydrogen-bond acceptors (Lipinski definition) is 4. The highest BCUT2D eigenvalue weighted by Gasteiger charge is 2.25. The number of aromatic amines is 1. The second kappa shape index (κ2) is 12.5. The summed E-state index contributed by atoms with van der Waals surface area (Å²) in [6.45, 7) is 9.66. The van der Waals surface area contributed by atoms with Gasteiger partial charge in [-0.3, -0.25) is 4.79 Å². The molecule has 3 rings (SSSR count). The van der Waals surface area contributed by atoms with E-state index in [1.54, 1.807) is 14.2 Å². The second-order valence-electron chi connectivity index (χ2n) is 8.79. The molecule has 1 amide bonds. The fourth-order valence-corrected chi connectivity index (χ4v) is 4.63. The minimum absolute atomic E-state index is 0.0449. The van der Waals surface area contributed by atoms with Gasteiger partial charge in [-0.25, -0.2) is 0 Å². The van der Waals surface area contributed by atoms with Crippen LogP contribution in [0.2, 0.25) is 0 Å². The van der Waals surface area contributed by atoms with Crippen molar-refractivity contribution in [3.05, 3.63) is 59.8 Å². The monoisotopic (exact) mass is 465 g/mol. The number of fused-ring (bicyclic) bond motifs is 1. The molecule has 0 aliphatic rings. The number of carbonyl (C=O) groups excluding carboxylic acids is 1. The topological polar surface area (TPSA) is 66.6 Å². The van der Waals surface area contributed by atoms with E-state index < -0.39 is 0 Å². The van der Waals surface area contributed by atoms with Crippen molar-refractivity contribution < 1.29 is 14.3 Å². The molecule has 0 unspecified atom stereocenters. The maximum absolute atomic E-state index is 13.2. The van der Waals surface area contributed by atoms with E-state index in [9.17, 15) is 4.79 Å². The molecule has 0 bridgehead atoms. The number of aromatic nitrogens is 1. The number of carbonyl (C=O) groups is 1. The van der Waals surface area contributed by atoms with Gasteiger partial charge in [-0.15, -0.1) is 0 Å². The zero-order valence-corrected chi connectivity index (χ0v) is 21.2. The molecule has 184 valence electrons. The Morgan fingerprint density at radius 3 is 2.53 bits per heavy atom.